The Balaban J connectivity index is 3.47. The molecule has 0 bridgehead atoms. The van der Waals surface area contributed by atoms with Gasteiger partial charge in [0.25, 0.3) is 0 Å². The molecule has 1 heteroatoms. The molecule has 0 heterocycles. The van der Waals surface area contributed by atoms with Gasteiger partial charge in [0.05, 0.1) is 0 Å². The van der Waals surface area contributed by atoms with E-state index in [2.05, 4.69) is 50.5 Å². The average molecular weight is 390 g/mol. The van der Waals surface area contributed by atoms with Crippen LogP contribution in [0.5, 0.6) is 0 Å². The molecule has 0 saturated carbocycles. The molecule has 0 spiro atoms. The molecule has 3 atom stereocenters. The minimum Gasteiger partial charge on any atom is -0.0928 e. The van der Waals surface area contributed by atoms with Crippen LogP contribution >= 0.6 is 15.9 Å². The third kappa shape index (κ3) is 17.1. The Morgan fingerprint density at radius 2 is 0.826 bits per heavy atom. The van der Waals surface area contributed by atoms with Crippen LogP contribution in [0.3, 0.4) is 0 Å². The molecular weight excluding hydrogens is 344 g/mol. The molecule has 0 saturated heterocycles. The maximum absolute atomic E-state index is 3.53. The zero-order valence-corrected chi connectivity index (χ0v) is 18.5. The minimum absolute atomic E-state index is 0.879. The molecule has 0 aromatic heterocycles. The molecule has 0 rings (SSSR count). The van der Waals surface area contributed by atoms with Crippen LogP contribution < -0.4 is 0 Å². The first kappa shape index (κ1) is 23.5. The van der Waals surface area contributed by atoms with Crippen LogP contribution in [0.25, 0.3) is 0 Å². The highest BCUT2D eigenvalue weighted by Gasteiger charge is 2.08. The van der Waals surface area contributed by atoms with E-state index in [-0.39, 0.29) is 0 Å². The summed E-state index contributed by atoms with van der Waals surface area (Å²) in [5.41, 5.74) is 0. The second-order valence-electron chi connectivity index (χ2n) is 8.69. The maximum Gasteiger partial charge on any atom is 0.00313 e. The fourth-order valence-electron chi connectivity index (χ4n) is 3.52. The van der Waals surface area contributed by atoms with E-state index >= 15 is 0 Å². The molecule has 0 radical (unpaired) electrons. The molecule has 0 aliphatic heterocycles. The SMILES string of the molecule is CC(C)CCCC(C)CCCC(C)CCCC(C)CCCCBr. The van der Waals surface area contributed by atoms with E-state index in [1.54, 1.807) is 0 Å². The van der Waals surface area contributed by atoms with Crippen molar-refractivity contribution < 1.29 is 0 Å². The Hall–Kier alpha value is 0.480. The predicted octanol–water partition coefficient (Wildman–Crippen LogP) is 8.63. The van der Waals surface area contributed by atoms with Gasteiger partial charge in [-0.2, -0.15) is 0 Å². The van der Waals surface area contributed by atoms with Crippen molar-refractivity contribution in [2.45, 2.75) is 112 Å². The van der Waals surface area contributed by atoms with Crippen molar-refractivity contribution in [2.24, 2.45) is 23.7 Å². The Kier molecular flexibility index (Phi) is 16.3. The van der Waals surface area contributed by atoms with Crippen LogP contribution in [0.1, 0.15) is 112 Å². The number of rotatable bonds is 16. The summed E-state index contributed by atoms with van der Waals surface area (Å²) >= 11 is 3.53. The van der Waals surface area contributed by atoms with Gasteiger partial charge in [-0.25, -0.2) is 0 Å². The van der Waals surface area contributed by atoms with Crippen LogP contribution in [-0.4, -0.2) is 5.33 Å². The van der Waals surface area contributed by atoms with E-state index in [9.17, 15) is 0 Å². The summed E-state index contributed by atoms with van der Waals surface area (Å²) in [6.07, 6.45) is 17.1. The van der Waals surface area contributed by atoms with Crippen molar-refractivity contribution in [1.29, 1.82) is 0 Å². The molecule has 0 aromatic rings. The van der Waals surface area contributed by atoms with E-state index in [4.69, 9.17) is 0 Å². The van der Waals surface area contributed by atoms with Crippen molar-refractivity contribution in [2.75, 3.05) is 5.33 Å². The van der Waals surface area contributed by atoms with Gasteiger partial charge in [-0.3, -0.25) is 0 Å². The van der Waals surface area contributed by atoms with Gasteiger partial charge in [-0.1, -0.05) is 121 Å². The second kappa shape index (κ2) is 16.0. The molecule has 0 aliphatic rings. The number of hydrogen-bond donors (Lipinski definition) is 0. The Bertz CT molecular complexity index is 236. The minimum atomic E-state index is 0.879. The Labute approximate surface area is 156 Å². The van der Waals surface area contributed by atoms with Crippen molar-refractivity contribution in [3.63, 3.8) is 0 Å². The summed E-state index contributed by atoms with van der Waals surface area (Å²) in [7, 11) is 0. The smallest absolute Gasteiger partial charge is 0.00313 e. The van der Waals surface area contributed by atoms with Gasteiger partial charge >= 0.3 is 0 Å². The van der Waals surface area contributed by atoms with Crippen molar-refractivity contribution >= 4 is 15.9 Å². The van der Waals surface area contributed by atoms with Gasteiger partial charge in [0.15, 0.2) is 0 Å². The highest BCUT2D eigenvalue weighted by atomic mass is 79.9. The normalized spacial score (nSPS) is 15.8. The number of hydrogen-bond acceptors (Lipinski definition) is 0. The molecule has 0 N–H and O–H groups in total. The Morgan fingerprint density at radius 3 is 1.17 bits per heavy atom. The molecule has 23 heavy (non-hydrogen) atoms. The molecule has 3 unspecified atom stereocenters. The van der Waals surface area contributed by atoms with Gasteiger partial charge in [0.2, 0.25) is 0 Å². The first-order chi connectivity index (χ1) is 11.0. The largest absolute Gasteiger partial charge is 0.0928 e. The average Bonchev–Trinajstić information content (AvgIpc) is 2.47. The van der Waals surface area contributed by atoms with Gasteiger partial charge in [-0.15, -0.1) is 0 Å². The summed E-state index contributed by atoms with van der Waals surface area (Å²) in [5, 5.41) is 1.17. The third-order valence-electron chi connectivity index (χ3n) is 5.35. The monoisotopic (exact) mass is 388 g/mol. The lowest BCUT2D eigenvalue weighted by molar-refractivity contribution is 0.372. The topological polar surface area (TPSA) is 0 Å². The van der Waals surface area contributed by atoms with Crippen molar-refractivity contribution in [3.05, 3.63) is 0 Å². The fourth-order valence-corrected chi connectivity index (χ4v) is 3.92. The van der Waals surface area contributed by atoms with Crippen LogP contribution in [0, 0.1) is 23.7 Å². The lowest BCUT2D eigenvalue weighted by Gasteiger charge is -2.16. The second-order valence-corrected chi connectivity index (χ2v) is 9.48. The number of alkyl halides is 1. The molecular formula is C22H45Br. The molecule has 0 fully saturated rings. The lowest BCUT2D eigenvalue weighted by atomic mass is 9.90. The summed E-state index contributed by atoms with van der Waals surface area (Å²) < 4.78 is 0. The van der Waals surface area contributed by atoms with Gasteiger partial charge < -0.3 is 0 Å². The molecule has 0 aliphatic carbocycles. The number of halogens is 1. The zero-order chi connectivity index (χ0) is 17.5. The summed E-state index contributed by atoms with van der Waals surface area (Å²) in [4.78, 5) is 0. The third-order valence-corrected chi connectivity index (χ3v) is 5.91. The highest BCUT2D eigenvalue weighted by Crippen LogP contribution is 2.23. The van der Waals surface area contributed by atoms with Crippen molar-refractivity contribution in [3.8, 4) is 0 Å². The standard InChI is InChI=1S/C22H45Br/c1-19(2)11-8-13-21(4)15-10-17-22(5)16-9-14-20(3)12-6-7-18-23/h19-22H,6-18H2,1-5H3. The van der Waals surface area contributed by atoms with E-state index in [1.165, 1.54) is 82.4 Å². The molecule has 0 nitrogen and oxygen atoms in total. The molecule has 0 aromatic carbocycles. The quantitative estimate of drug-likeness (QED) is 0.183. The van der Waals surface area contributed by atoms with E-state index in [1.807, 2.05) is 0 Å². The highest BCUT2D eigenvalue weighted by molar-refractivity contribution is 9.09. The zero-order valence-electron chi connectivity index (χ0n) is 16.9. The molecule has 0 amide bonds. The number of unbranched alkanes of at least 4 members (excludes halogenated alkanes) is 1. The van der Waals surface area contributed by atoms with Gasteiger partial charge in [-0.05, 0) is 30.1 Å². The van der Waals surface area contributed by atoms with E-state index in [0.717, 1.165) is 23.7 Å². The van der Waals surface area contributed by atoms with Crippen LogP contribution in [0.15, 0.2) is 0 Å². The fraction of sp³-hybridized carbons (Fsp3) is 1.00. The van der Waals surface area contributed by atoms with Gasteiger partial charge in [0, 0.05) is 5.33 Å². The van der Waals surface area contributed by atoms with Crippen LogP contribution in [-0.2, 0) is 0 Å². The Morgan fingerprint density at radius 1 is 0.478 bits per heavy atom. The van der Waals surface area contributed by atoms with Crippen LogP contribution in [0.2, 0.25) is 0 Å². The lowest BCUT2D eigenvalue weighted by Crippen LogP contribution is -2.01. The summed E-state index contributed by atoms with van der Waals surface area (Å²) in [5.74, 6) is 3.69. The predicted molar refractivity (Wildman–Crippen MR) is 112 cm³/mol. The van der Waals surface area contributed by atoms with Crippen LogP contribution in [0.4, 0.5) is 0 Å². The molecule has 140 valence electrons. The van der Waals surface area contributed by atoms with Crippen molar-refractivity contribution in [1.82, 2.24) is 0 Å². The van der Waals surface area contributed by atoms with Gasteiger partial charge in [0.1, 0.15) is 0 Å². The summed E-state index contributed by atoms with van der Waals surface area (Å²) in [6.45, 7) is 12.1. The van der Waals surface area contributed by atoms with E-state index < -0.39 is 0 Å². The van der Waals surface area contributed by atoms with E-state index in [0.29, 0.717) is 0 Å². The maximum atomic E-state index is 3.53. The summed E-state index contributed by atoms with van der Waals surface area (Å²) in [6, 6.07) is 0. The first-order valence-electron chi connectivity index (χ1n) is 10.5. The first-order valence-corrected chi connectivity index (χ1v) is 11.6.